The molecule has 0 aliphatic carbocycles. The van der Waals surface area contributed by atoms with Gasteiger partial charge in [-0.15, -0.1) is 0 Å². The first-order valence-electron chi connectivity index (χ1n) is 5.32. The smallest absolute Gasteiger partial charge is 0.260 e. The first-order chi connectivity index (χ1) is 7.90. The lowest BCUT2D eigenvalue weighted by atomic mass is 10.3. The highest BCUT2D eigenvalue weighted by Gasteiger charge is 2.16. The predicted octanol–water partition coefficient (Wildman–Crippen LogP) is 3.39. The predicted molar refractivity (Wildman–Crippen MR) is 72.5 cm³/mol. The van der Waals surface area contributed by atoms with Gasteiger partial charge in [-0.25, -0.2) is 0 Å². The van der Waals surface area contributed by atoms with Crippen molar-refractivity contribution in [3.8, 4) is 5.75 Å². The lowest BCUT2D eigenvalue weighted by Gasteiger charge is -2.17. The Hall–Kier alpha value is -0.740. The van der Waals surface area contributed by atoms with Crippen LogP contribution in [0.15, 0.2) is 22.7 Å². The number of hydrogen-bond donors (Lipinski definition) is 1. The van der Waals surface area contributed by atoms with Gasteiger partial charge in [0, 0.05) is 11.1 Å². The van der Waals surface area contributed by atoms with Gasteiger partial charge >= 0.3 is 0 Å². The fraction of sp³-hybridized carbons (Fsp3) is 0.417. The molecule has 0 radical (unpaired) electrons. The van der Waals surface area contributed by atoms with Gasteiger partial charge in [0.2, 0.25) is 0 Å². The molecule has 0 saturated heterocycles. The van der Waals surface area contributed by atoms with Crippen LogP contribution < -0.4 is 10.1 Å². The minimum Gasteiger partial charge on any atom is -0.480 e. The first-order valence-corrected chi connectivity index (χ1v) is 6.49. The summed E-state index contributed by atoms with van der Waals surface area (Å²) in [5, 5.41) is 3.40. The third-order valence-corrected chi connectivity index (χ3v) is 2.85. The summed E-state index contributed by atoms with van der Waals surface area (Å²) in [4.78, 5) is 11.7. The summed E-state index contributed by atoms with van der Waals surface area (Å²) in [5.41, 5.74) is 0. The van der Waals surface area contributed by atoms with Gasteiger partial charge in [0.25, 0.3) is 5.91 Å². The summed E-state index contributed by atoms with van der Waals surface area (Å²) in [6, 6.07) is 5.27. The Morgan fingerprint density at radius 2 is 2.06 bits per heavy atom. The van der Waals surface area contributed by atoms with Crippen molar-refractivity contribution in [2.75, 3.05) is 0 Å². The average Bonchev–Trinajstić information content (AvgIpc) is 2.21. The molecule has 3 nitrogen and oxygen atoms in total. The number of carbonyl (C=O) groups is 1. The minimum atomic E-state index is -0.546. The molecule has 1 atom stereocenters. The molecule has 0 unspecified atom stereocenters. The van der Waals surface area contributed by atoms with Crippen molar-refractivity contribution in [3.63, 3.8) is 0 Å². The van der Waals surface area contributed by atoms with Gasteiger partial charge < -0.3 is 10.1 Å². The Kier molecular flexibility index (Phi) is 5.28. The average molecular weight is 321 g/mol. The van der Waals surface area contributed by atoms with Gasteiger partial charge in [-0.05, 0) is 54.9 Å². The highest BCUT2D eigenvalue weighted by atomic mass is 79.9. The summed E-state index contributed by atoms with van der Waals surface area (Å²) in [6.07, 6.45) is -0.546. The number of nitrogens with one attached hydrogen (secondary N) is 1. The monoisotopic (exact) mass is 319 g/mol. The molecule has 1 amide bonds. The van der Waals surface area contributed by atoms with Crippen molar-refractivity contribution in [2.24, 2.45) is 0 Å². The van der Waals surface area contributed by atoms with Crippen LogP contribution in [0.5, 0.6) is 5.75 Å². The summed E-state index contributed by atoms with van der Waals surface area (Å²) >= 11 is 9.15. The molecule has 0 bridgehead atoms. The van der Waals surface area contributed by atoms with E-state index in [1.165, 1.54) is 0 Å². The van der Waals surface area contributed by atoms with E-state index in [2.05, 4.69) is 21.2 Å². The van der Waals surface area contributed by atoms with Crippen LogP contribution in [0.4, 0.5) is 0 Å². The lowest BCUT2D eigenvalue weighted by Crippen LogP contribution is -2.40. The van der Waals surface area contributed by atoms with E-state index in [9.17, 15) is 4.79 Å². The molecule has 0 heterocycles. The Morgan fingerprint density at radius 3 is 2.59 bits per heavy atom. The van der Waals surface area contributed by atoms with Gasteiger partial charge in [0.05, 0.1) is 4.47 Å². The zero-order chi connectivity index (χ0) is 13.0. The summed E-state index contributed by atoms with van der Waals surface area (Å²) in [7, 11) is 0. The van der Waals surface area contributed by atoms with Crippen molar-refractivity contribution in [1.29, 1.82) is 0 Å². The second-order valence-electron chi connectivity index (χ2n) is 4.00. The highest BCUT2D eigenvalue weighted by Crippen LogP contribution is 2.28. The molecule has 5 heteroatoms. The third kappa shape index (κ3) is 4.56. The van der Waals surface area contributed by atoms with E-state index in [1.54, 1.807) is 25.1 Å². The topological polar surface area (TPSA) is 38.3 Å². The third-order valence-electron chi connectivity index (χ3n) is 2.00. The van der Waals surface area contributed by atoms with Gasteiger partial charge in [0.15, 0.2) is 6.10 Å². The number of ether oxygens (including phenoxy) is 1. The van der Waals surface area contributed by atoms with Crippen LogP contribution >= 0.6 is 27.5 Å². The number of rotatable bonds is 4. The molecule has 0 aromatic heterocycles. The molecular formula is C12H15BrClNO2. The Balaban J connectivity index is 2.67. The zero-order valence-electron chi connectivity index (χ0n) is 9.96. The van der Waals surface area contributed by atoms with Crippen molar-refractivity contribution < 1.29 is 9.53 Å². The fourth-order valence-electron chi connectivity index (χ4n) is 1.22. The van der Waals surface area contributed by atoms with Crippen LogP contribution in [0, 0.1) is 0 Å². The second kappa shape index (κ2) is 6.26. The highest BCUT2D eigenvalue weighted by molar-refractivity contribution is 9.10. The van der Waals surface area contributed by atoms with E-state index in [-0.39, 0.29) is 11.9 Å². The van der Waals surface area contributed by atoms with Crippen molar-refractivity contribution in [1.82, 2.24) is 5.32 Å². The maximum absolute atomic E-state index is 11.7. The molecule has 0 spiro atoms. The molecular weight excluding hydrogens is 305 g/mol. The normalized spacial score (nSPS) is 12.4. The molecule has 0 fully saturated rings. The standard InChI is InChI=1S/C12H15BrClNO2/c1-7(2)15-12(16)8(3)17-11-5-4-9(14)6-10(11)13/h4-8H,1-3H3,(H,15,16)/t8-/m1/s1. The van der Waals surface area contributed by atoms with E-state index in [4.69, 9.17) is 16.3 Å². The summed E-state index contributed by atoms with van der Waals surface area (Å²) in [5.74, 6) is 0.461. The SMILES string of the molecule is CC(C)NC(=O)[C@@H](C)Oc1ccc(Cl)cc1Br. The fourth-order valence-corrected chi connectivity index (χ4v) is 1.99. The van der Waals surface area contributed by atoms with E-state index < -0.39 is 6.10 Å². The summed E-state index contributed by atoms with van der Waals surface area (Å²) < 4.78 is 6.28. The van der Waals surface area contributed by atoms with E-state index in [0.717, 1.165) is 4.47 Å². The Labute approximate surface area is 115 Å². The molecule has 0 aliphatic rings. The van der Waals surface area contributed by atoms with Crippen LogP contribution in [-0.4, -0.2) is 18.1 Å². The van der Waals surface area contributed by atoms with Gasteiger partial charge in [-0.3, -0.25) is 4.79 Å². The van der Waals surface area contributed by atoms with E-state index in [1.807, 2.05) is 13.8 Å². The zero-order valence-corrected chi connectivity index (χ0v) is 12.3. The largest absolute Gasteiger partial charge is 0.480 e. The molecule has 17 heavy (non-hydrogen) atoms. The van der Waals surface area contributed by atoms with Gasteiger partial charge in [0.1, 0.15) is 5.75 Å². The maximum atomic E-state index is 11.7. The van der Waals surface area contributed by atoms with Crippen molar-refractivity contribution in [2.45, 2.75) is 32.9 Å². The molecule has 0 saturated carbocycles. The minimum absolute atomic E-state index is 0.0993. The second-order valence-corrected chi connectivity index (χ2v) is 5.29. The van der Waals surface area contributed by atoms with Crippen molar-refractivity contribution in [3.05, 3.63) is 27.7 Å². The van der Waals surface area contributed by atoms with E-state index in [0.29, 0.717) is 10.8 Å². The molecule has 1 N–H and O–H groups in total. The van der Waals surface area contributed by atoms with Crippen LogP contribution in [0.1, 0.15) is 20.8 Å². The lowest BCUT2D eigenvalue weighted by molar-refractivity contribution is -0.127. The van der Waals surface area contributed by atoms with Crippen LogP contribution in [0.25, 0.3) is 0 Å². The van der Waals surface area contributed by atoms with Gasteiger partial charge in [-0.1, -0.05) is 11.6 Å². The van der Waals surface area contributed by atoms with Crippen LogP contribution in [0.3, 0.4) is 0 Å². The molecule has 94 valence electrons. The number of hydrogen-bond acceptors (Lipinski definition) is 2. The van der Waals surface area contributed by atoms with Crippen molar-refractivity contribution >= 4 is 33.4 Å². The number of benzene rings is 1. The number of halogens is 2. The maximum Gasteiger partial charge on any atom is 0.260 e. The van der Waals surface area contributed by atoms with E-state index >= 15 is 0 Å². The number of amides is 1. The first kappa shape index (κ1) is 14.3. The quantitative estimate of drug-likeness (QED) is 0.923. The molecule has 1 aromatic rings. The van der Waals surface area contributed by atoms with Crippen LogP contribution in [0.2, 0.25) is 5.02 Å². The number of carbonyl (C=O) groups excluding carboxylic acids is 1. The Morgan fingerprint density at radius 1 is 1.41 bits per heavy atom. The molecule has 1 rings (SSSR count). The molecule has 1 aromatic carbocycles. The summed E-state index contributed by atoms with van der Waals surface area (Å²) in [6.45, 7) is 5.52. The Bertz CT molecular complexity index is 409. The van der Waals surface area contributed by atoms with Crippen LogP contribution in [-0.2, 0) is 4.79 Å². The molecule has 0 aliphatic heterocycles. The van der Waals surface area contributed by atoms with Gasteiger partial charge in [-0.2, -0.15) is 0 Å².